The molecule has 0 radical (unpaired) electrons. The van der Waals surface area contributed by atoms with Crippen molar-refractivity contribution in [2.24, 2.45) is 0 Å². The fraction of sp³-hybridized carbons (Fsp3) is 0.167. The Labute approximate surface area is 91.7 Å². The zero-order chi connectivity index (χ0) is 10.6. The molecule has 80 valence electrons. The van der Waals surface area contributed by atoms with E-state index < -0.39 is 11.9 Å². The van der Waals surface area contributed by atoms with Gasteiger partial charge in [-0.15, -0.1) is 0 Å². The van der Waals surface area contributed by atoms with Crippen molar-refractivity contribution in [1.82, 2.24) is 0 Å². The van der Waals surface area contributed by atoms with Gasteiger partial charge in [0.15, 0.2) is 0 Å². The summed E-state index contributed by atoms with van der Waals surface area (Å²) in [6.45, 7) is 0. The molecule has 1 fully saturated rings. The monoisotopic (exact) mass is 216 g/mol. The summed E-state index contributed by atoms with van der Waals surface area (Å²) in [7, 11) is 0. The first-order valence-corrected chi connectivity index (χ1v) is 5.05. The second-order valence-corrected chi connectivity index (χ2v) is 3.88. The maximum atomic E-state index is 5.56. The Morgan fingerprint density at radius 2 is 2.00 bits per heavy atom. The van der Waals surface area contributed by atoms with Crippen LogP contribution < -0.4 is 0 Å². The molecule has 0 aromatic carbocycles. The Bertz CT molecular complexity index is 509. The topological polar surface area (TPSA) is 36.9 Å². The minimum atomic E-state index is -0.792. The average molecular weight is 216 g/mol. The zero-order valence-electron chi connectivity index (χ0n) is 8.25. The van der Waals surface area contributed by atoms with Gasteiger partial charge in [-0.05, 0) is 12.2 Å². The zero-order valence-corrected chi connectivity index (χ0v) is 8.25. The lowest BCUT2D eigenvalue weighted by atomic mass is 9.80. The standard InChI is InChI=1S/C12H8O4/c1-2-8-4-5-10-14-11-12(8,16-15-10)9(3-1)6-7-13-11/h1-7,11H/t11-,12-/m1/s1. The predicted molar refractivity (Wildman–Crippen MR) is 53.4 cm³/mol. The minimum Gasteiger partial charge on any atom is -0.459 e. The molecule has 4 heteroatoms. The van der Waals surface area contributed by atoms with Crippen LogP contribution in [0.1, 0.15) is 0 Å². The van der Waals surface area contributed by atoms with Crippen molar-refractivity contribution < 1.29 is 19.2 Å². The minimum absolute atomic E-state index is 0.320. The van der Waals surface area contributed by atoms with Gasteiger partial charge in [-0.2, -0.15) is 4.89 Å². The number of allylic oxidation sites excluding steroid dienone is 4. The van der Waals surface area contributed by atoms with Crippen LogP contribution in [0.15, 0.2) is 59.8 Å². The van der Waals surface area contributed by atoms with E-state index in [0.29, 0.717) is 5.95 Å². The molecule has 0 amide bonds. The van der Waals surface area contributed by atoms with Crippen molar-refractivity contribution in [3.8, 4) is 0 Å². The van der Waals surface area contributed by atoms with Gasteiger partial charge in [-0.3, -0.25) is 4.89 Å². The third-order valence-electron chi connectivity index (χ3n) is 3.07. The molecule has 4 heterocycles. The SMILES string of the molecule is C1=CC2=CC=C3OO[C@@]24C(=C1)C=CO[C@@H]4O3. The first-order chi connectivity index (χ1) is 7.89. The predicted octanol–water partition coefficient (Wildman–Crippen LogP) is 1.85. The third-order valence-corrected chi connectivity index (χ3v) is 3.07. The van der Waals surface area contributed by atoms with Gasteiger partial charge >= 0.3 is 5.95 Å². The van der Waals surface area contributed by atoms with Gasteiger partial charge in [-0.1, -0.05) is 18.2 Å². The molecule has 0 aromatic rings. The lowest BCUT2D eigenvalue weighted by Gasteiger charge is -2.43. The molecule has 1 aliphatic carbocycles. The van der Waals surface area contributed by atoms with E-state index in [1.807, 2.05) is 30.4 Å². The highest BCUT2D eigenvalue weighted by Crippen LogP contribution is 2.47. The van der Waals surface area contributed by atoms with E-state index >= 15 is 0 Å². The first kappa shape index (κ1) is 8.24. The first-order valence-electron chi connectivity index (χ1n) is 5.05. The normalized spacial score (nSPS) is 37.0. The molecule has 4 aliphatic heterocycles. The van der Waals surface area contributed by atoms with Crippen molar-refractivity contribution in [3.05, 3.63) is 59.8 Å². The molecule has 4 nitrogen and oxygen atoms in total. The Morgan fingerprint density at radius 1 is 1.06 bits per heavy atom. The number of rotatable bonds is 0. The van der Waals surface area contributed by atoms with E-state index in [9.17, 15) is 0 Å². The molecular formula is C12H8O4. The van der Waals surface area contributed by atoms with Crippen LogP contribution >= 0.6 is 0 Å². The number of ether oxygens (including phenoxy) is 2. The highest BCUT2D eigenvalue weighted by molar-refractivity contribution is 5.54. The molecule has 2 bridgehead atoms. The van der Waals surface area contributed by atoms with Gasteiger partial charge < -0.3 is 9.47 Å². The molecular weight excluding hydrogens is 208 g/mol. The maximum Gasteiger partial charge on any atom is 0.320 e. The van der Waals surface area contributed by atoms with Gasteiger partial charge in [0.05, 0.1) is 6.26 Å². The molecule has 0 aromatic heterocycles. The van der Waals surface area contributed by atoms with Crippen LogP contribution in [0.5, 0.6) is 0 Å². The van der Waals surface area contributed by atoms with E-state index in [4.69, 9.17) is 19.2 Å². The van der Waals surface area contributed by atoms with Crippen LogP contribution in [0.25, 0.3) is 0 Å². The summed E-state index contributed by atoms with van der Waals surface area (Å²) in [4.78, 5) is 10.6. The van der Waals surface area contributed by atoms with Gasteiger partial charge in [0.1, 0.15) is 0 Å². The summed E-state index contributed by atoms with van der Waals surface area (Å²) >= 11 is 0. The average Bonchev–Trinajstić information content (AvgIpc) is 2.60. The fourth-order valence-corrected chi connectivity index (χ4v) is 2.28. The molecule has 0 unspecified atom stereocenters. The van der Waals surface area contributed by atoms with Crippen LogP contribution in [0.4, 0.5) is 0 Å². The number of hydrogen-bond donors (Lipinski definition) is 0. The van der Waals surface area contributed by atoms with Gasteiger partial charge in [-0.25, -0.2) is 0 Å². The molecule has 5 rings (SSSR count). The van der Waals surface area contributed by atoms with E-state index in [2.05, 4.69) is 0 Å². The third kappa shape index (κ3) is 0.796. The van der Waals surface area contributed by atoms with E-state index in [0.717, 1.165) is 11.1 Å². The summed E-state index contributed by atoms with van der Waals surface area (Å²) < 4.78 is 11.0. The quantitative estimate of drug-likeness (QED) is 0.579. The lowest BCUT2D eigenvalue weighted by molar-refractivity contribution is -0.423. The molecule has 5 aliphatic rings. The molecule has 0 saturated carbocycles. The van der Waals surface area contributed by atoms with Crippen molar-refractivity contribution in [2.45, 2.75) is 11.9 Å². The maximum absolute atomic E-state index is 5.56. The van der Waals surface area contributed by atoms with Gasteiger partial charge in [0.2, 0.25) is 5.60 Å². The molecule has 1 spiro atoms. The summed E-state index contributed by atoms with van der Waals surface area (Å²) in [6.07, 6.45) is 12.5. The van der Waals surface area contributed by atoms with Gasteiger partial charge in [0, 0.05) is 17.2 Å². The van der Waals surface area contributed by atoms with Crippen molar-refractivity contribution in [2.75, 3.05) is 0 Å². The number of hydrogen-bond acceptors (Lipinski definition) is 4. The number of fused-ring (bicyclic) bond motifs is 2. The second kappa shape index (κ2) is 2.59. The smallest absolute Gasteiger partial charge is 0.320 e. The Balaban J connectivity index is 2.01. The van der Waals surface area contributed by atoms with Crippen LogP contribution in [0, 0.1) is 0 Å². The molecule has 1 saturated heterocycles. The van der Waals surface area contributed by atoms with Crippen LogP contribution in [0.3, 0.4) is 0 Å². The van der Waals surface area contributed by atoms with Crippen molar-refractivity contribution >= 4 is 0 Å². The lowest BCUT2D eigenvalue weighted by Crippen LogP contribution is -2.53. The van der Waals surface area contributed by atoms with Crippen LogP contribution in [0.2, 0.25) is 0 Å². The highest BCUT2D eigenvalue weighted by Gasteiger charge is 2.57. The van der Waals surface area contributed by atoms with E-state index in [1.54, 1.807) is 12.3 Å². The summed E-state index contributed by atoms with van der Waals surface area (Å²) in [5.41, 5.74) is 1.14. The Morgan fingerprint density at radius 3 is 3.00 bits per heavy atom. The summed E-state index contributed by atoms with van der Waals surface area (Å²) in [5, 5.41) is 0. The summed E-state index contributed by atoms with van der Waals surface area (Å²) in [6, 6.07) is 0. The van der Waals surface area contributed by atoms with Crippen molar-refractivity contribution in [1.29, 1.82) is 0 Å². The largest absolute Gasteiger partial charge is 0.459 e. The van der Waals surface area contributed by atoms with Crippen molar-refractivity contribution in [3.63, 3.8) is 0 Å². The second-order valence-electron chi connectivity index (χ2n) is 3.88. The highest BCUT2D eigenvalue weighted by atomic mass is 17.2. The van der Waals surface area contributed by atoms with Gasteiger partial charge in [0.25, 0.3) is 6.29 Å². The fourth-order valence-electron chi connectivity index (χ4n) is 2.28. The molecule has 16 heavy (non-hydrogen) atoms. The Kier molecular flexibility index (Phi) is 1.34. The summed E-state index contributed by atoms with van der Waals surface area (Å²) in [5.74, 6) is 0.320. The van der Waals surface area contributed by atoms with E-state index in [-0.39, 0.29) is 0 Å². The Hall–Kier alpha value is -1.94. The molecule has 0 N–H and O–H groups in total. The van der Waals surface area contributed by atoms with Crippen LogP contribution in [-0.4, -0.2) is 11.9 Å². The van der Waals surface area contributed by atoms with Crippen LogP contribution in [-0.2, 0) is 19.2 Å². The van der Waals surface area contributed by atoms with E-state index in [1.165, 1.54) is 0 Å². The molecule has 2 atom stereocenters.